The predicted octanol–water partition coefficient (Wildman–Crippen LogP) is 2.45. The lowest BCUT2D eigenvalue weighted by Gasteiger charge is -2.07. The molecule has 0 spiro atoms. The number of nitrogens with one attached hydrogen (secondary N) is 1. The fourth-order valence-corrected chi connectivity index (χ4v) is 2.58. The molecule has 1 heterocycles. The van der Waals surface area contributed by atoms with E-state index in [2.05, 4.69) is 9.97 Å². The van der Waals surface area contributed by atoms with E-state index in [1.165, 1.54) is 0 Å². The van der Waals surface area contributed by atoms with Gasteiger partial charge in [0.1, 0.15) is 24.8 Å². The van der Waals surface area contributed by atoms with Gasteiger partial charge in [-0.2, -0.15) is 0 Å². The van der Waals surface area contributed by atoms with Crippen LogP contribution in [0.5, 0.6) is 5.75 Å². The molecule has 0 aliphatic heterocycles. The highest BCUT2D eigenvalue weighted by atomic mass is 16.5. The zero-order valence-corrected chi connectivity index (χ0v) is 15.1. The maximum atomic E-state index is 11.6. The maximum Gasteiger partial charge on any atom is 0.188 e. The normalized spacial score (nSPS) is 11.0. The van der Waals surface area contributed by atoms with Gasteiger partial charge in [-0.1, -0.05) is 0 Å². The first-order valence-corrected chi connectivity index (χ1v) is 8.65. The zero-order valence-electron chi connectivity index (χ0n) is 15.1. The van der Waals surface area contributed by atoms with Crippen LogP contribution < -0.4 is 4.74 Å². The molecule has 0 amide bonds. The molecule has 3 aromatic rings. The van der Waals surface area contributed by atoms with Crippen LogP contribution in [-0.4, -0.2) is 61.0 Å². The lowest BCUT2D eigenvalue weighted by Crippen LogP contribution is -2.09. The van der Waals surface area contributed by atoms with Crippen molar-refractivity contribution in [3.8, 4) is 17.1 Å². The van der Waals surface area contributed by atoms with E-state index >= 15 is 0 Å². The molecular formula is C20H22N2O5. The topological polar surface area (TPSA) is 93.7 Å². The molecule has 0 saturated carbocycles. The van der Waals surface area contributed by atoms with Crippen LogP contribution in [0.4, 0.5) is 0 Å². The molecule has 142 valence electrons. The molecule has 1 aromatic heterocycles. The molecule has 0 aliphatic rings. The molecule has 7 nitrogen and oxygen atoms in total. The molecule has 2 N–H and O–H groups in total. The van der Waals surface area contributed by atoms with Crippen LogP contribution in [0, 0.1) is 0 Å². The van der Waals surface area contributed by atoms with Crippen molar-refractivity contribution < 1.29 is 24.1 Å². The quantitative estimate of drug-likeness (QED) is 0.421. The van der Waals surface area contributed by atoms with Crippen LogP contribution in [0.2, 0.25) is 0 Å². The summed E-state index contributed by atoms with van der Waals surface area (Å²) in [4.78, 5) is 19.4. The van der Waals surface area contributed by atoms with Crippen molar-refractivity contribution in [2.24, 2.45) is 0 Å². The predicted molar refractivity (Wildman–Crippen MR) is 101 cm³/mol. The number of aliphatic hydroxyl groups is 1. The molecule has 0 aliphatic carbocycles. The van der Waals surface area contributed by atoms with E-state index in [0.29, 0.717) is 37.8 Å². The zero-order chi connectivity index (χ0) is 19.1. The third-order valence-electron chi connectivity index (χ3n) is 4.00. The van der Waals surface area contributed by atoms with Crippen molar-refractivity contribution in [3.05, 3.63) is 48.0 Å². The van der Waals surface area contributed by atoms with Crippen molar-refractivity contribution in [3.63, 3.8) is 0 Å². The van der Waals surface area contributed by atoms with E-state index in [1.54, 1.807) is 25.3 Å². The Morgan fingerprint density at radius 2 is 1.85 bits per heavy atom. The third-order valence-corrected chi connectivity index (χ3v) is 4.00. The Labute approximate surface area is 156 Å². The lowest BCUT2D eigenvalue weighted by molar-refractivity contribution is 0.0544. The number of hydrogen-bond acceptors (Lipinski definition) is 6. The molecule has 3 rings (SSSR count). The Morgan fingerprint density at radius 1 is 1.07 bits per heavy atom. The smallest absolute Gasteiger partial charge is 0.188 e. The Morgan fingerprint density at radius 3 is 2.59 bits per heavy atom. The van der Waals surface area contributed by atoms with Gasteiger partial charge in [-0.05, 0) is 42.5 Å². The number of nitrogens with zero attached hydrogens (tertiary/aromatic N) is 1. The summed E-state index contributed by atoms with van der Waals surface area (Å²) in [5.41, 5.74) is 2.87. The highest BCUT2D eigenvalue weighted by molar-refractivity contribution is 5.99. The second-order valence-corrected chi connectivity index (χ2v) is 5.88. The summed E-state index contributed by atoms with van der Waals surface area (Å²) in [6.07, 6.45) is 0. The van der Waals surface area contributed by atoms with Crippen LogP contribution in [0.1, 0.15) is 10.4 Å². The number of benzene rings is 2. The molecule has 0 saturated heterocycles. The van der Waals surface area contributed by atoms with Crippen LogP contribution in [0.3, 0.4) is 0 Å². The minimum Gasteiger partial charge on any atom is -0.491 e. The number of H-pyrrole nitrogens is 1. The van der Waals surface area contributed by atoms with Crippen molar-refractivity contribution >= 4 is 16.8 Å². The number of carbonyl (C=O) groups is 1. The number of hydrogen-bond donors (Lipinski definition) is 2. The number of rotatable bonds is 10. The number of aromatic amines is 1. The van der Waals surface area contributed by atoms with Gasteiger partial charge in [0.2, 0.25) is 0 Å². The molecule has 27 heavy (non-hydrogen) atoms. The van der Waals surface area contributed by atoms with Gasteiger partial charge >= 0.3 is 0 Å². The first-order chi connectivity index (χ1) is 13.2. The second kappa shape index (κ2) is 9.27. The molecule has 2 aromatic carbocycles. The standard InChI is InChI=1S/C20H22N2O5/c1-25-8-9-26-10-11-27-16-5-2-14(3-6-16)20-21-17-7-4-15(19(24)13-23)12-18(17)22-20/h2-7,12,23H,8-11,13H2,1H3,(H,21,22). The summed E-state index contributed by atoms with van der Waals surface area (Å²) < 4.78 is 15.9. The largest absolute Gasteiger partial charge is 0.491 e. The molecular weight excluding hydrogens is 348 g/mol. The van der Waals surface area contributed by atoms with Crippen LogP contribution in [0.15, 0.2) is 42.5 Å². The van der Waals surface area contributed by atoms with Gasteiger partial charge in [0.05, 0.1) is 30.9 Å². The average Bonchev–Trinajstić information content (AvgIpc) is 3.13. The van der Waals surface area contributed by atoms with Crippen molar-refractivity contribution in [2.45, 2.75) is 0 Å². The van der Waals surface area contributed by atoms with E-state index in [0.717, 1.165) is 22.3 Å². The first kappa shape index (κ1) is 19.0. The number of methoxy groups -OCH3 is 1. The first-order valence-electron chi connectivity index (χ1n) is 8.65. The third kappa shape index (κ3) is 4.91. The fourth-order valence-electron chi connectivity index (χ4n) is 2.58. The Balaban J connectivity index is 1.63. The number of ketones is 1. The SMILES string of the molecule is COCCOCCOc1ccc(-c2nc3ccc(C(=O)CO)cc3[nH]2)cc1. The van der Waals surface area contributed by atoms with Crippen LogP contribution >= 0.6 is 0 Å². The molecule has 0 atom stereocenters. The number of carbonyl (C=O) groups excluding carboxylic acids is 1. The summed E-state index contributed by atoms with van der Waals surface area (Å²) in [7, 11) is 1.64. The van der Waals surface area contributed by atoms with Gasteiger partial charge in [0.25, 0.3) is 0 Å². The Hall–Kier alpha value is -2.74. The summed E-state index contributed by atoms with van der Waals surface area (Å²) in [6, 6.07) is 12.7. The van der Waals surface area contributed by atoms with Gasteiger partial charge in [-0.3, -0.25) is 4.79 Å². The Bertz CT molecular complexity index is 889. The number of Topliss-reactive ketones (excluding diaryl/α,β-unsaturated/α-hetero) is 1. The van der Waals surface area contributed by atoms with E-state index < -0.39 is 6.61 Å². The maximum absolute atomic E-state index is 11.6. The molecule has 0 fully saturated rings. The number of fused-ring (bicyclic) bond motifs is 1. The highest BCUT2D eigenvalue weighted by Crippen LogP contribution is 2.23. The van der Waals surface area contributed by atoms with E-state index in [-0.39, 0.29) is 5.78 Å². The molecule has 7 heteroatoms. The van der Waals surface area contributed by atoms with Gasteiger partial charge in [0.15, 0.2) is 5.78 Å². The summed E-state index contributed by atoms with van der Waals surface area (Å²) >= 11 is 0. The van der Waals surface area contributed by atoms with Gasteiger partial charge < -0.3 is 24.3 Å². The van der Waals surface area contributed by atoms with E-state index in [9.17, 15) is 4.79 Å². The van der Waals surface area contributed by atoms with Gasteiger partial charge in [-0.15, -0.1) is 0 Å². The molecule has 0 radical (unpaired) electrons. The second-order valence-electron chi connectivity index (χ2n) is 5.88. The van der Waals surface area contributed by atoms with Crippen molar-refractivity contribution in [2.75, 3.05) is 40.1 Å². The fraction of sp³-hybridized carbons (Fsp3) is 0.300. The average molecular weight is 370 g/mol. The van der Waals surface area contributed by atoms with E-state index in [1.807, 2.05) is 24.3 Å². The number of aliphatic hydroxyl groups excluding tert-OH is 1. The monoisotopic (exact) mass is 370 g/mol. The lowest BCUT2D eigenvalue weighted by atomic mass is 10.1. The van der Waals surface area contributed by atoms with Crippen LogP contribution in [0.25, 0.3) is 22.4 Å². The van der Waals surface area contributed by atoms with E-state index in [4.69, 9.17) is 19.3 Å². The van der Waals surface area contributed by atoms with Gasteiger partial charge in [-0.25, -0.2) is 4.98 Å². The number of imidazole rings is 1. The molecule has 0 unspecified atom stereocenters. The van der Waals surface area contributed by atoms with Crippen molar-refractivity contribution in [1.29, 1.82) is 0 Å². The summed E-state index contributed by atoms with van der Waals surface area (Å²) in [6.45, 7) is 1.59. The minimum atomic E-state index is -0.509. The minimum absolute atomic E-state index is 0.319. The number of aromatic nitrogens is 2. The number of ether oxygens (including phenoxy) is 3. The summed E-state index contributed by atoms with van der Waals surface area (Å²) in [5.74, 6) is 1.13. The molecule has 0 bridgehead atoms. The van der Waals surface area contributed by atoms with Crippen LogP contribution in [-0.2, 0) is 9.47 Å². The highest BCUT2D eigenvalue weighted by Gasteiger charge is 2.09. The summed E-state index contributed by atoms with van der Waals surface area (Å²) in [5, 5.41) is 8.98. The van der Waals surface area contributed by atoms with Crippen molar-refractivity contribution in [1.82, 2.24) is 9.97 Å². The Kier molecular flexibility index (Phi) is 6.54. The van der Waals surface area contributed by atoms with Gasteiger partial charge in [0, 0.05) is 18.2 Å².